The summed E-state index contributed by atoms with van der Waals surface area (Å²) in [7, 11) is 1.49. The number of rotatable bonds is 5. The number of hydrogen-bond donors (Lipinski definition) is 1. The lowest BCUT2D eigenvalue weighted by atomic mass is 10.1. The summed E-state index contributed by atoms with van der Waals surface area (Å²) in [5, 5.41) is 8.98. The van der Waals surface area contributed by atoms with E-state index in [4.69, 9.17) is 9.84 Å². The van der Waals surface area contributed by atoms with E-state index in [9.17, 15) is 14.4 Å². The Bertz CT molecular complexity index is 647. The Hall–Kier alpha value is -2.63. The van der Waals surface area contributed by atoms with Gasteiger partial charge in [0, 0.05) is 18.2 Å². The topological polar surface area (TPSA) is 83.9 Å². The van der Waals surface area contributed by atoms with E-state index in [1.165, 1.54) is 24.2 Å². The molecule has 0 unspecified atom stereocenters. The molecule has 21 heavy (non-hydrogen) atoms. The lowest BCUT2D eigenvalue weighted by Gasteiger charge is -2.15. The van der Waals surface area contributed by atoms with Crippen LogP contribution in [0.3, 0.4) is 0 Å². The van der Waals surface area contributed by atoms with Crippen LogP contribution in [-0.4, -0.2) is 36.4 Å². The molecule has 0 aliphatic carbocycles. The second-order valence-corrected chi connectivity index (χ2v) is 4.52. The molecule has 1 amide bonds. The van der Waals surface area contributed by atoms with Gasteiger partial charge in [0.05, 0.1) is 18.4 Å². The Morgan fingerprint density at radius 2 is 2.10 bits per heavy atom. The highest BCUT2D eigenvalue weighted by molar-refractivity contribution is 6.52. The van der Waals surface area contributed by atoms with Crippen LogP contribution in [0.1, 0.15) is 23.7 Å². The summed E-state index contributed by atoms with van der Waals surface area (Å²) >= 11 is 0. The van der Waals surface area contributed by atoms with Crippen molar-refractivity contribution >= 4 is 23.3 Å². The maximum absolute atomic E-state index is 12.0. The summed E-state index contributed by atoms with van der Waals surface area (Å²) < 4.78 is 5.08. The van der Waals surface area contributed by atoms with Crippen molar-refractivity contribution in [2.24, 2.45) is 0 Å². The summed E-state index contributed by atoms with van der Waals surface area (Å²) in [6.07, 6.45) is 1.79. The minimum absolute atomic E-state index is 0.0419. The van der Waals surface area contributed by atoms with Crippen molar-refractivity contribution in [1.82, 2.24) is 0 Å². The number of carboxylic acid groups (broad SMARTS) is 1. The fourth-order valence-corrected chi connectivity index (χ4v) is 2.17. The first-order valence-electron chi connectivity index (χ1n) is 6.46. The van der Waals surface area contributed by atoms with E-state index >= 15 is 0 Å². The van der Waals surface area contributed by atoms with E-state index in [1.807, 2.05) is 0 Å². The number of ketones is 1. The number of fused-ring (bicyclic) bond motifs is 1. The molecule has 0 fully saturated rings. The Kier molecular flexibility index (Phi) is 4.07. The quantitative estimate of drug-likeness (QED) is 0.658. The maximum atomic E-state index is 12.0. The number of methoxy groups -OCH3 is 1. The van der Waals surface area contributed by atoms with Crippen molar-refractivity contribution in [2.75, 3.05) is 18.6 Å². The molecular weight excluding hydrogens is 274 g/mol. The molecule has 0 saturated carbocycles. The van der Waals surface area contributed by atoms with Crippen molar-refractivity contribution in [3.8, 4) is 5.75 Å². The van der Waals surface area contributed by atoms with Crippen LogP contribution >= 0.6 is 0 Å². The largest absolute Gasteiger partial charge is 0.497 e. The monoisotopic (exact) mass is 289 g/mol. The number of benzene rings is 1. The normalized spacial score (nSPS) is 14.4. The van der Waals surface area contributed by atoms with Gasteiger partial charge in [-0.3, -0.25) is 9.59 Å². The molecule has 0 radical (unpaired) electrons. The van der Waals surface area contributed by atoms with E-state index in [1.54, 1.807) is 19.1 Å². The van der Waals surface area contributed by atoms with Gasteiger partial charge >= 0.3 is 5.97 Å². The third kappa shape index (κ3) is 2.65. The van der Waals surface area contributed by atoms with E-state index in [0.717, 1.165) is 0 Å². The van der Waals surface area contributed by atoms with Crippen molar-refractivity contribution in [1.29, 1.82) is 0 Å². The third-order valence-electron chi connectivity index (χ3n) is 3.36. The summed E-state index contributed by atoms with van der Waals surface area (Å²) in [5.74, 6) is -1.75. The van der Waals surface area contributed by atoms with Crippen LogP contribution < -0.4 is 9.64 Å². The average molecular weight is 289 g/mol. The molecule has 1 aliphatic rings. The first kappa shape index (κ1) is 14.8. The lowest BCUT2D eigenvalue weighted by molar-refractivity contribution is -0.132. The van der Waals surface area contributed by atoms with Crippen molar-refractivity contribution in [3.05, 3.63) is 35.4 Å². The molecule has 1 N–H and O–H groups in total. The van der Waals surface area contributed by atoms with Crippen LogP contribution in [0.4, 0.5) is 5.69 Å². The molecule has 0 bridgehead atoms. The molecule has 1 aromatic carbocycles. The minimum atomic E-state index is -1.03. The van der Waals surface area contributed by atoms with Gasteiger partial charge < -0.3 is 14.7 Å². The molecule has 0 saturated heterocycles. The predicted molar refractivity (Wildman–Crippen MR) is 75.7 cm³/mol. The van der Waals surface area contributed by atoms with Gasteiger partial charge in [-0.15, -0.1) is 0 Å². The standard InChI is InChI=1S/C15H15NO5/c1-3-9(15(19)20)6-7-16-12-8-10(21-2)4-5-11(12)13(17)14(16)18/h4-6,8H,3,7H2,1-2H3,(H,19,20). The predicted octanol–water partition coefficient (Wildman–Crippen LogP) is 1.65. The number of nitrogens with zero attached hydrogens (tertiary/aromatic N) is 1. The number of aliphatic carboxylic acids is 1. The highest BCUT2D eigenvalue weighted by atomic mass is 16.5. The molecule has 6 nitrogen and oxygen atoms in total. The molecule has 110 valence electrons. The van der Waals surface area contributed by atoms with Gasteiger partial charge in [0.1, 0.15) is 5.75 Å². The first-order valence-corrected chi connectivity index (χ1v) is 6.46. The second kappa shape index (κ2) is 5.78. The van der Waals surface area contributed by atoms with Crippen LogP contribution in [0, 0.1) is 0 Å². The second-order valence-electron chi connectivity index (χ2n) is 4.52. The highest BCUT2D eigenvalue weighted by Gasteiger charge is 2.35. The zero-order chi connectivity index (χ0) is 15.6. The summed E-state index contributed by atoms with van der Waals surface area (Å²) in [4.78, 5) is 36.1. The minimum Gasteiger partial charge on any atom is -0.497 e. The number of hydrogen-bond acceptors (Lipinski definition) is 4. The highest BCUT2D eigenvalue weighted by Crippen LogP contribution is 2.32. The van der Waals surface area contributed by atoms with E-state index in [2.05, 4.69) is 0 Å². The van der Waals surface area contributed by atoms with Gasteiger partial charge in [0.15, 0.2) is 0 Å². The number of ether oxygens (including phenoxy) is 1. The fourth-order valence-electron chi connectivity index (χ4n) is 2.17. The van der Waals surface area contributed by atoms with Crippen molar-refractivity contribution < 1.29 is 24.2 Å². The van der Waals surface area contributed by atoms with Gasteiger partial charge in [0.2, 0.25) is 0 Å². The number of carbonyl (C=O) groups excluding carboxylic acids is 2. The number of carboxylic acids is 1. The number of anilines is 1. The molecule has 0 spiro atoms. The Morgan fingerprint density at radius 3 is 2.67 bits per heavy atom. The van der Waals surface area contributed by atoms with E-state index in [-0.39, 0.29) is 12.1 Å². The summed E-state index contributed by atoms with van der Waals surface area (Å²) in [6, 6.07) is 4.74. The van der Waals surface area contributed by atoms with Crippen LogP contribution in [0.25, 0.3) is 0 Å². The number of Topliss-reactive ketones (excluding diaryl/α,β-unsaturated/α-hetero) is 1. The van der Waals surface area contributed by atoms with Gasteiger partial charge in [0.25, 0.3) is 11.7 Å². The lowest BCUT2D eigenvalue weighted by Crippen LogP contribution is -2.30. The smallest absolute Gasteiger partial charge is 0.331 e. The zero-order valence-corrected chi connectivity index (χ0v) is 11.8. The Labute approximate surface area is 121 Å². The van der Waals surface area contributed by atoms with E-state index < -0.39 is 17.7 Å². The molecule has 0 atom stereocenters. The third-order valence-corrected chi connectivity index (χ3v) is 3.36. The van der Waals surface area contributed by atoms with Gasteiger partial charge in [-0.05, 0) is 18.6 Å². The summed E-state index contributed by atoms with van der Waals surface area (Å²) in [6.45, 7) is 1.76. The number of carbonyl (C=O) groups is 3. The molecule has 0 aromatic heterocycles. The van der Waals surface area contributed by atoms with Crippen LogP contribution in [0.15, 0.2) is 29.8 Å². The van der Waals surface area contributed by atoms with Crippen molar-refractivity contribution in [2.45, 2.75) is 13.3 Å². The molecule has 1 aromatic rings. The molecule has 1 aliphatic heterocycles. The fraction of sp³-hybridized carbons (Fsp3) is 0.267. The Balaban J connectivity index is 2.36. The van der Waals surface area contributed by atoms with Gasteiger partial charge in [-0.1, -0.05) is 13.0 Å². The average Bonchev–Trinajstić information content (AvgIpc) is 2.71. The molecule has 2 rings (SSSR count). The Morgan fingerprint density at radius 1 is 1.38 bits per heavy atom. The SMILES string of the molecule is CCC(=CCN1C(=O)C(=O)c2ccc(OC)cc21)C(=O)O. The van der Waals surface area contributed by atoms with Gasteiger partial charge in [-0.2, -0.15) is 0 Å². The van der Waals surface area contributed by atoms with Gasteiger partial charge in [-0.25, -0.2) is 4.79 Å². The summed E-state index contributed by atoms with van der Waals surface area (Å²) in [5.41, 5.74) is 0.954. The molecular formula is C15H15NO5. The number of amides is 1. The molecule has 6 heteroatoms. The zero-order valence-electron chi connectivity index (χ0n) is 11.8. The maximum Gasteiger partial charge on any atom is 0.331 e. The molecule has 1 heterocycles. The first-order chi connectivity index (χ1) is 9.99. The van der Waals surface area contributed by atoms with E-state index in [0.29, 0.717) is 23.4 Å². The van der Waals surface area contributed by atoms with Crippen LogP contribution in [0.2, 0.25) is 0 Å². The van der Waals surface area contributed by atoms with Crippen molar-refractivity contribution in [3.63, 3.8) is 0 Å². The van der Waals surface area contributed by atoms with Crippen LogP contribution in [0.5, 0.6) is 5.75 Å². The van der Waals surface area contributed by atoms with Crippen LogP contribution in [-0.2, 0) is 9.59 Å².